The number of nitrogens with zero attached hydrogens (tertiary/aromatic N) is 1. The maximum atomic E-state index is 12.2. The van der Waals surface area contributed by atoms with E-state index in [-0.39, 0.29) is 11.8 Å². The molecule has 0 saturated heterocycles. The predicted octanol–water partition coefficient (Wildman–Crippen LogP) is 3.36. The van der Waals surface area contributed by atoms with Crippen molar-refractivity contribution in [1.82, 2.24) is 10.4 Å². The summed E-state index contributed by atoms with van der Waals surface area (Å²) < 4.78 is 0. The molecule has 0 spiro atoms. The van der Waals surface area contributed by atoms with Gasteiger partial charge < -0.3 is 4.98 Å². The monoisotopic (exact) mass is 295 g/mol. The van der Waals surface area contributed by atoms with Crippen LogP contribution in [0.25, 0.3) is 10.9 Å². The SMILES string of the molecule is Cc1[nH]c2ccccc2c1C=NNC(=O)C1C2CCCCC21. The Kier molecular flexibility index (Phi) is 3.25. The van der Waals surface area contributed by atoms with Crippen LogP contribution in [-0.2, 0) is 4.79 Å². The minimum absolute atomic E-state index is 0.102. The van der Waals surface area contributed by atoms with Gasteiger partial charge in [0.25, 0.3) is 0 Å². The molecule has 2 N–H and O–H groups in total. The maximum absolute atomic E-state index is 12.2. The zero-order valence-corrected chi connectivity index (χ0v) is 12.8. The first-order chi connectivity index (χ1) is 10.8. The summed E-state index contributed by atoms with van der Waals surface area (Å²) >= 11 is 0. The molecule has 0 radical (unpaired) electrons. The molecule has 2 fully saturated rings. The fraction of sp³-hybridized carbons (Fsp3) is 0.444. The second-order valence-electron chi connectivity index (χ2n) is 6.58. The van der Waals surface area contributed by atoms with Gasteiger partial charge in [0.05, 0.1) is 6.21 Å². The number of carbonyl (C=O) groups is 1. The Morgan fingerprint density at radius 2 is 2.00 bits per heavy atom. The number of amides is 1. The number of para-hydroxylation sites is 1. The highest BCUT2D eigenvalue weighted by Crippen LogP contribution is 2.55. The first-order valence-corrected chi connectivity index (χ1v) is 8.16. The molecule has 4 nitrogen and oxygen atoms in total. The van der Waals surface area contributed by atoms with Crippen LogP contribution < -0.4 is 5.43 Å². The molecule has 2 atom stereocenters. The molecule has 4 rings (SSSR count). The van der Waals surface area contributed by atoms with E-state index in [9.17, 15) is 4.79 Å². The van der Waals surface area contributed by atoms with Crippen molar-refractivity contribution in [2.24, 2.45) is 22.9 Å². The highest BCUT2D eigenvalue weighted by atomic mass is 16.2. The molecule has 0 bridgehead atoms. The molecule has 1 aromatic heterocycles. The minimum Gasteiger partial charge on any atom is -0.358 e. The van der Waals surface area contributed by atoms with Gasteiger partial charge in [-0.25, -0.2) is 5.43 Å². The number of nitrogens with one attached hydrogen (secondary N) is 2. The molecular weight excluding hydrogens is 274 g/mol. The van der Waals surface area contributed by atoms with Gasteiger partial charge in [-0.05, 0) is 37.7 Å². The van der Waals surface area contributed by atoms with Crippen molar-refractivity contribution in [1.29, 1.82) is 0 Å². The van der Waals surface area contributed by atoms with E-state index in [4.69, 9.17) is 0 Å². The Balaban J connectivity index is 1.45. The van der Waals surface area contributed by atoms with Gasteiger partial charge in [-0.3, -0.25) is 4.79 Å². The largest absolute Gasteiger partial charge is 0.358 e. The number of aryl methyl sites for hydroxylation is 1. The number of hydrazone groups is 1. The van der Waals surface area contributed by atoms with Gasteiger partial charge in [0.2, 0.25) is 5.91 Å². The van der Waals surface area contributed by atoms with E-state index in [2.05, 4.69) is 21.6 Å². The van der Waals surface area contributed by atoms with Crippen molar-refractivity contribution in [3.05, 3.63) is 35.5 Å². The lowest BCUT2D eigenvalue weighted by Gasteiger charge is -2.04. The van der Waals surface area contributed by atoms with Gasteiger partial charge in [-0.1, -0.05) is 31.0 Å². The smallest absolute Gasteiger partial charge is 0.243 e. The highest BCUT2D eigenvalue weighted by molar-refractivity contribution is 6.00. The third kappa shape index (κ3) is 2.23. The van der Waals surface area contributed by atoms with Crippen LogP contribution in [0.1, 0.15) is 36.9 Å². The van der Waals surface area contributed by atoms with Crippen LogP contribution in [0.5, 0.6) is 0 Å². The van der Waals surface area contributed by atoms with E-state index in [1.165, 1.54) is 25.7 Å². The van der Waals surface area contributed by atoms with Crippen LogP contribution in [0, 0.1) is 24.7 Å². The van der Waals surface area contributed by atoms with Crippen LogP contribution in [0.4, 0.5) is 0 Å². The predicted molar refractivity (Wildman–Crippen MR) is 87.7 cm³/mol. The molecule has 1 heterocycles. The van der Waals surface area contributed by atoms with E-state index in [0.717, 1.165) is 22.2 Å². The summed E-state index contributed by atoms with van der Waals surface area (Å²) in [5.74, 6) is 1.56. The lowest BCUT2D eigenvalue weighted by Crippen LogP contribution is -2.20. The Labute approximate surface area is 130 Å². The number of hydrogen-bond acceptors (Lipinski definition) is 2. The van der Waals surface area contributed by atoms with E-state index in [1.54, 1.807) is 6.21 Å². The Morgan fingerprint density at radius 3 is 2.77 bits per heavy atom. The third-order valence-corrected chi connectivity index (χ3v) is 5.27. The highest BCUT2D eigenvalue weighted by Gasteiger charge is 2.54. The zero-order chi connectivity index (χ0) is 15.1. The molecule has 1 amide bonds. The molecule has 0 aliphatic heterocycles. The van der Waals surface area contributed by atoms with Gasteiger partial charge in [-0.15, -0.1) is 0 Å². The maximum Gasteiger partial charge on any atom is 0.243 e. The number of H-pyrrole nitrogens is 1. The van der Waals surface area contributed by atoms with Crippen LogP contribution >= 0.6 is 0 Å². The van der Waals surface area contributed by atoms with E-state index in [0.29, 0.717) is 11.8 Å². The van der Waals surface area contributed by atoms with Crippen molar-refractivity contribution in [3.63, 3.8) is 0 Å². The number of benzene rings is 1. The molecule has 2 aromatic rings. The average molecular weight is 295 g/mol. The second kappa shape index (κ2) is 5.27. The molecule has 2 aliphatic carbocycles. The Bertz CT molecular complexity index is 734. The lowest BCUT2D eigenvalue weighted by atomic mass is 10.0. The molecule has 2 aliphatic rings. The molecular formula is C18H21N3O. The molecule has 4 heteroatoms. The number of fused-ring (bicyclic) bond motifs is 2. The summed E-state index contributed by atoms with van der Waals surface area (Å²) in [6, 6.07) is 8.14. The van der Waals surface area contributed by atoms with Crippen molar-refractivity contribution in [2.45, 2.75) is 32.6 Å². The summed E-state index contributed by atoms with van der Waals surface area (Å²) in [5, 5.41) is 5.34. The first kappa shape index (κ1) is 13.6. The van der Waals surface area contributed by atoms with Crippen LogP contribution in [-0.4, -0.2) is 17.1 Å². The van der Waals surface area contributed by atoms with Crippen molar-refractivity contribution < 1.29 is 4.79 Å². The van der Waals surface area contributed by atoms with Crippen molar-refractivity contribution >= 4 is 23.0 Å². The van der Waals surface area contributed by atoms with Crippen molar-refractivity contribution in [3.8, 4) is 0 Å². The molecule has 22 heavy (non-hydrogen) atoms. The third-order valence-electron chi connectivity index (χ3n) is 5.27. The van der Waals surface area contributed by atoms with Gasteiger partial charge in [0.1, 0.15) is 0 Å². The normalized spacial score (nSPS) is 27.0. The first-order valence-electron chi connectivity index (χ1n) is 8.16. The lowest BCUT2D eigenvalue weighted by molar-refractivity contribution is -0.122. The topological polar surface area (TPSA) is 57.2 Å². The Morgan fingerprint density at radius 1 is 1.27 bits per heavy atom. The number of aromatic nitrogens is 1. The molecule has 2 saturated carbocycles. The molecule has 1 aromatic carbocycles. The number of carbonyl (C=O) groups excluding carboxylic acids is 1. The van der Waals surface area contributed by atoms with Crippen LogP contribution in [0.3, 0.4) is 0 Å². The Hall–Kier alpha value is -2.10. The van der Waals surface area contributed by atoms with Gasteiger partial charge >= 0.3 is 0 Å². The number of rotatable bonds is 3. The van der Waals surface area contributed by atoms with Crippen LogP contribution in [0.2, 0.25) is 0 Å². The molecule has 2 unspecified atom stereocenters. The van der Waals surface area contributed by atoms with E-state index < -0.39 is 0 Å². The van der Waals surface area contributed by atoms with Gasteiger partial charge in [0, 0.05) is 28.1 Å². The fourth-order valence-corrected chi connectivity index (χ4v) is 4.08. The zero-order valence-electron chi connectivity index (χ0n) is 12.8. The summed E-state index contributed by atoms with van der Waals surface area (Å²) in [7, 11) is 0. The van der Waals surface area contributed by atoms with E-state index >= 15 is 0 Å². The standard InChI is InChI=1S/C18H21N3O/c1-11-15(12-6-4-5-9-16(12)20-11)10-19-21-18(22)17-13-7-2-3-8-14(13)17/h4-6,9-10,13-14,17,20H,2-3,7-8H2,1H3,(H,21,22). The van der Waals surface area contributed by atoms with Crippen molar-refractivity contribution in [2.75, 3.05) is 0 Å². The van der Waals surface area contributed by atoms with E-state index in [1.807, 2.05) is 25.1 Å². The summed E-state index contributed by atoms with van der Waals surface area (Å²) in [5.41, 5.74) is 5.96. The minimum atomic E-state index is 0.102. The quantitative estimate of drug-likeness (QED) is 0.662. The van der Waals surface area contributed by atoms with Crippen LogP contribution in [0.15, 0.2) is 29.4 Å². The van der Waals surface area contributed by atoms with Gasteiger partial charge in [-0.2, -0.15) is 5.10 Å². The molecule has 114 valence electrons. The second-order valence-corrected chi connectivity index (χ2v) is 6.58. The average Bonchev–Trinajstić information content (AvgIpc) is 3.18. The van der Waals surface area contributed by atoms with Gasteiger partial charge in [0.15, 0.2) is 0 Å². The number of aromatic amines is 1. The summed E-state index contributed by atoms with van der Waals surface area (Å²) in [6.07, 6.45) is 6.76. The fourth-order valence-electron chi connectivity index (χ4n) is 4.08. The number of hydrogen-bond donors (Lipinski definition) is 2. The summed E-state index contributed by atoms with van der Waals surface area (Å²) in [6.45, 7) is 2.03. The summed E-state index contributed by atoms with van der Waals surface area (Å²) in [4.78, 5) is 15.6.